The Labute approximate surface area is 161 Å². The Morgan fingerprint density at radius 3 is 2.32 bits per heavy atom. The van der Waals surface area contributed by atoms with Crippen LogP contribution in [0, 0.1) is 11.7 Å². The van der Waals surface area contributed by atoms with E-state index in [1.165, 1.54) is 48.5 Å². The average molecular weight is 410 g/mol. The SMILES string of the molecule is O=C(C1CCCOC1)N(O)NS(=O)(=O)c1ccc(Oc2ccc(F)cc2)cc1. The van der Waals surface area contributed by atoms with Crippen molar-refractivity contribution < 1.29 is 32.3 Å². The van der Waals surface area contributed by atoms with E-state index >= 15 is 0 Å². The molecule has 1 atom stereocenters. The lowest BCUT2D eigenvalue weighted by atomic mass is 10.0. The Kier molecular flexibility index (Phi) is 6.25. The van der Waals surface area contributed by atoms with Gasteiger partial charge in [0, 0.05) is 6.61 Å². The predicted octanol–water partition coefficient (Wildman–Crippen LogP) is 2.46. The van der Waals surface area contributed by atoms with Crippen LogP contribution in [0.5, 0.6) is 11.5 Å². The summed E-state index contributed by atoms with van der Waals surface area (Å²) in [6.45, 7) is 0.667. The third-order valence-corrected chi connectivity index (χ3v) is 5.41. The van der Waals surface area contributed by atoms with Crippen molar-refractivity contribution in [3.8, 4) is 11.5 Å². The number of halogens is 1. The third-order valence-electron chi connectivity index (χ3n) is 4.11. The van der Waals surface area contributed by atoms with Crippen molar-refractivity contribution >= 4 is 15.9 Å². The molecule has 0 saturated carbocycles. The second-order valence-corrected chi connectivity index (χ2v) is 7.85. The summed E-state index contributed by atoms with van der Waals surface area (Å²) in [6.07, 6.45) is 1.17. The molecule has 0 radical (unpaired) electrons. The average Bonchev–Trinajstić information content (AvgIpc) is 2.70. The minimum atomic E-state index is -4.18. The van der Waals surface area contributed by atoms with Gasteiger partial charge in [0.1, 0.15) is 17.3 Å². The molecule has 2 N–H and O–H groups in total. The summed E-state index contributed by atoms with van der Waals surface area (Å²) >= 11 is 0. The summed E-state index contributed by atoms with van der Waals surface area (Å²) in [5.74, 6) is -1.06. The minimum absolute atomic E-state index is 0.0163. The van der Waals surface area contributed by atoms with Crippen LogP contribution in [-0.2, 0) is 19.6 Å². The van der Waals surface area contributed by atoms with Gasteiger partial charge in [-0.15, -0.1) is 5.17 Å². The van der Waals surface area contributed by atoms with Gasteiger partial charge in [0.05, 0.1) is 17.4 Å². The molecule has 1 aliphatic heterocycles. The van der Waals surface area contributed by atoms with Crippen LogP contribution in [0.1, 0.15) is 12.8 Å². The number of ether oxygens (including phenoxy) is 2. The molecule has 150 valence electrons. The van der Waals surface area contributed by atoms with E-state index in [2.05, 4.69) is 0 Å². The summed E-state index contributed by atoms with van der Waals surface area (Å²) < 4.78 is 48.3. The summed E-state index contributed by atoms with van der Waals surface area (Å²) in [7, 11) is -4.18. The molecule has 2 aromatic carbocycles. The third kappa shape index (κ3) is 5.04. The van der Waals surface area contributed by atoms with Gasteiger partial charge in [-0.25, -0.2) is 12.8 Å². The van der Waals surface area contributed by atoms with Crippen molar-refractivity contribution in [2.75, 3.05) is 13.2 Å². The van der Waals surface area contributed by atoms with Gasteiger partial charge in [-0.1, -0.05) is 4.83 Å². The number of hydrogen-bond acceptors (Lipinski definition) is 6. The Hall–Kier alpha value is -2.53. The summed E-state index contributed by atoms with van der Waals surface area (Å²) in [5, 5.41) is 9.81. The van der Waals surface area contributed by atoms with Gasteiger partial charge in [0.15, 0.2) is 0 Å². The first kappa shape index (κ1) is 20.2. The molecule has 1 unspecified atom stereocenters. The van der Waals surface area contributed by atoms with Gasteiger partial charge in [0.2, 0.25) is 0 Å². The minimum Gasteiger partial charge on any atom is -0.457 e. The van der Waals surface area contributed by atoms with Crippen molar-refractivity contribution in [2.24, 2.45) is 5.92 Å². The lowest BCUT2D eigenvalue weighted by Gasteiger charge is -2.24. The predicted molar refractivity (Wildman–Crippen MR) is 95.4 cm³/mol. The Morgan fingerprint density at radius 1 is 1.14 bits per heavy atom. The number of carbonyl (C=O) groups is 1. The van der Waals surface area contributed by atoms with Crippen LogP contribution >= 0.6 is 0 Å². The Balaban J connectivity index is 1.64. The van der Waals surface area contributed by atoms with Crippen molar-refractivity contribution in [1.29, 1.82) is 0 Å². The van der Waals surface area contributed by atoms with Crippen LogP contribution < -0.4 is 9.57 Å². The number of rotatable bonds is 6. The fourth-order valence-corrected chi connectivity index (χ4v) is 3.56. The highest BCUT2D eigenvalue weighted by Crippen LogP contribution is 2.23. The lowest BCUT2D eigenvalue weighted by molar-refractivity contribution is -0.181. The fourth-order valence-electron chi connectivity index (χ4n) is 2.65. The highest BCUT2D eigenvalue weighted by Gasteiger charge is 2.29. The number of hydrazine groups is 1. The van der Waals surface area contributed by atoms with E-state index < -0.39 is 27.7 Å². The van der Waals surface area contributed by atoms with Crippen LogP contribution in [0.15, 0.2) is 53.4 Å². The number of benzene rings is 2. The van der Waals surface area contributed by atoms with Crippen molar-refractivity contribution in [1.82, 2.24) is 10.0 Å². The zero-order valence-electron chi connectivity index (χ0n) is 14.7. The fraction of sp³-hybridized carbons (Fsp3) is 0.278. The molecule has 2 aromatic rings. The van der Waals surface area contributed by atoms with Gasteiger partial charge in [-0.05, 0) is 61.4 Å². The number of nitrogens with zero attached hydrogens (tertiary/aromatic N) is 1. The molecule has 1 heterocycles. The first-order chi connectivity index (χ1) is 13.3. The maximum atomic E-state index is 12.9. The van der Waals surface area contributed by atoms with Crippen molar-refractivity contribution in [3.63, 3.8) is 0 Å². The van der Waals surface area contributed by atoms with E-state index in [9.17, 15) is 22.8 Å². The number of hydroxylamine groups is 1. The number of sulfonamides is 1. The van der Waals surface area contributed by atoms with Gasteiger partial charge in [0.25, 0.3) is 15.9 Å². The zero-order chi connectivity index (χ0) is 20.1. The quantitative estimate of drug-likeness (QED) is 0.560. The number of hydrogen-bond donors (Lipinski definition) is 2. The standard InChI is InChI=1S/C18H19FN2O6S/c19-14-3-5-15(6-4-14)27-16-7-9-17(10-8-16)28(24,25)20-21(23)18(22)13-2-1-11-26-12-13/h3-10,13,20,23H,1-2,11-12H2. The molecule has 1 aliphatic rings. The van der Waals surface area contributed by atoms with E-state index in [4.69, 9.17) is 9.47 Å². The van der Waals surface area contributed by atoms with Gasteiger partial charge < -0.3 is 9.47 Å². The highest BCUT2D eigenvalue weighted by atomic mass is 32.2. The molecule has 1 saturated heterocycles. The van der Waals surface area contributed by atoms with Crippen molar-refractivity contribution in [3.05, 3.63) is 54.3 Å². The molecule has 0 aliphatic carbocycles. The van der Waals surface area contributed by atoms with Crippen LogP contribution in [0.4, 0.5) is 4.39 Å². The van der Waals surface area contributed by atoms with E-state index in [1.807, 2.05) is 4.83 Å². The lowest BCUT2D eigenvalue weighted by Crippen LogP contribution is -2.47. The van der Waals surface area contributed by atoms with Gasteiger partial charge in [-0.3, -0.25) is 10.0 Å². The summed E-state index contributed by atoms with van der Waals surface area (Å²) in [5.41, 5.74) is 0. The molecule has 1 fully saturated rings. The van der Waals surface area contributed by atoms with E-state index in [-0.39, 0.29) is 16.7 Å². The molecular weight excluding hydrogens is 391 g/mol. The largest absolute Gasteiger partial charge is 0.457 e. The monoisotopic (exact) mass is 410 g/mol. The smallest absolute Gasteiger partial charge is 0.267 e. The Morgan fingerprint density at radius 2 is 1.75 bits per heavy atom. The van der Waals surface area contributed by atoms with Crippen LogP contribution in [-0.4, -0.2) is 37.9 Å². The molecule has 28 heavy (non-hydrogen) atoms. The second-order valence-electron chi connectivity index (χ2n) is 6.19. The molecular formula is C18H19FN2O6S. The van der Waals surface area contributed by atoms with E-state index in [0.29, 0.717) is 30.9 Å². The van der Waals surface area contributed by atoms with Crippen LogP contribution in [0.25, 0.3) is 0 Å². The second kappa shape index (κ2) is 8.65. The molecule has 0 bridgehead atoms. The molecule has 0 aromatic heterocycles. The number of amides is 1. The summed E-state index contributed by atoms with van der Waals surface area (Å²) in [4.78, 5) is 13.8. The normalized spacial score (nSPS) is 17.1. The first-order valence-electron chi connectivity index (χ1n) is 8.52. The maximum Gasteiger partial charge on any atom is 0.267 e. The van der Waals surface area contributed by atoms with Gasteiger partial charge >= 0.3 is 0 Å². The van der Waals surface area contributed by atoms with Crippen LogP contribution in [0.3, 0.4) is 0 Å². The van der Waals surface area contributed by atoms with E-state index in [1.54, 1.807) is 0 Å². The number of carbonyl (C=O) groups excluding carboxylic acids is 1. The molecule has 8 nitrogen and oxygen atoms in total. The molecule has 3 rings (SSSR count). The first-order valence-corrected chi connectivity index (χ1v) is 10.00. The van der Waals surface area contributed by atoms with E-state index in [0.717, 1.165) is 0 Å². The molecule has 0 spiro atoms. The zero-order valence-corrected chi connectivity index (χ0v) is 15.6. The molecule has 1 amide bonds. The van der Waals surface area contributed by atoms with Gasteiger partial charge in [-0.2, -0.15) is 0 Å². The Bertz CT molecular complexity index is 912. The van der Waals surface area contributed by atoms with Crippen LogP contribution in [0.2, 0.25) is 0 Å². The molecule has 10 heteroatoms. The van der Waals surface area contributed by atoms with Crippen molar-refractivity contribution in [2.45, 2.75) is 17.7 Å². The highest BCUT2D eigenvalue weighted by molar-refractivity contribution is 7.89. The topological polar surface area (TPSA) is 105 Å². The number of nitrogens with one attached hydrogen (secondary N) is 1. The summed E-state index contributed by atoms with van der Waals surface area (Å²) in [6, 6.07) is 10.7. The maximum absolute atomic E-state index is 12.9.